The summed E-state index contributed by atoms with van der Waals surface area (Å²) in [5.41, 5.74) is 11.3. The zero-order valence-corrected chi connectivity index (χ0v) is 9.09. The van der Waals surface area contributed by atoms with Crippen LogP contribution in [0, 0.1) is 0 Å². The molecule has 1 heterocycles. The quantitative estimate of drug-likeness (QED) is 0.783. The van der Waals surface area contributed by atoms with Gasteiger partial charge in [0, 0.05) is 0 Å². The smallest absolute Gasteiger partial charge is 0.169 e. The first-order valence-corrected chi connectivity index (χ1v) is 5.24. The van der Waals surface area contributed by atoms with Gasteiger partial charge in [0.25, 0.3) is 0 Å². The van der Waals surface area contributed by atoms with Crippen molar-refractivity contribution in [2.45, 2.75) is 25.3 Å². The van der Waals surface area contributed by atoms with Gasteiger partial charge in [-0.15, -0.1) is 0 Å². The summed E-state index contributed by atoms with van der Waals surface area (Å²) < 4.78 is 6.07. The molecule has 4 heteroatoms. The molecule has 0 spiro atoms. The van der Waals surface area contributed by atoms with Crippen LogP contribution < -0.4 is 11.5 Å². The van der Waals surface area contributed by atoms with Crippen LogP contribution in [-0.4, -0.2) is 6.54 Å². The van der Waals surface area contributed by atoms with Crippen molar-refractivity contribution in [3.8, 4) is 0 Å². The highest BCUT2D eigenvalue weighted by atomic mass is 79.9. The summed E-state index contributed by atoms with van der Waals surface area (Å²) >= 11 is 3.24. The number of halogens is 1. The van der Waals surface area contributed by atoms with E-state index < -0.39 is 0 Å². The van der Waals surface area contributed by atoms with Crippen molar-refractivity contribution in [2.75, 3.05) is 6.54 Å². The minimum atomic E-state index is -0.00199. The zero-order chi connectivity index (χ0) is 9.68. The Balaban J connectivity index is 2.35. The standard InChI is InChI=1S/C9H15BrN2O/c10-9-5-4-8(13-9)7(12)3-1-2-6-11/h4-5,7H,1-3,6,11-12H2/t7-/m0/s1. The molecular formula is C9H15BrN2O. The lowest BCUT2D eigenvalue weighted by Gasteiger charge is -2.07. The highest BCUT2D eigenvalue weighted by Gasteiger charge is 2.09. The van der Waals surface area contributed by atoms with Crippen molar-refractivity contribution >= 4 is 15.9 Å². The molecule has 13 heavy (non-hydrogen) atoms. The van der Waals surface area contributed by atoms with Crippen molar-refractivity contribution < 1.29 is 4.42 Å². The van der Waals surface area contributed by atoms with E-state index in [0.29, 0.717) is 0 Å². The Morgan fingerprint density at radius 3 is 2.69 bits per heavy atom. The third-order valence-electron chi connectivity index (χ3n) is 1.93. The molecule has 4 N–H and O–H groups in total. The molecule has 3 nitrogen and oxygen atoms in total. The van der Waals surface area contributed by atoms with Crippen LogP contribution in [-0.2, 0) is 0 Å². The predicted molar refractivity (Wildman–Crippen MR) is 56.2 cm³/mol. The molecule has 0 saturated heterocycles. The second-order valence-corrected chi connectivity index (χ2v) is 3.81. The topological polar surface area (TPSA) is 65.2 Å². The summed E-state index contributed by atoms with van der Waals surface area (Å²) in [7, 11) is 0. The van der Waals surface area contributed by atoms with Gasteiger partial charge in [-0.1, -0.05) is 6.42 Å². The molecular weight excluding hydrogens is 232 g/mol. The Kier molecular flexibility index (Phi) is 4.48. The van der Waals surface area contributed by atoms with Crippen LogP contribution in [0.4, 0.5) is 0 Å². The Morgan fingerprint density at radius 2 is 2.15 bits per heavy atom. The van der Waals surface area contributed by atoms with E-state index in [1.807, 2.05) is 12.1 Å². The van der Waals surface area contributed by atoms with Crippen LogP contribution >= 0.6 is 15.9 Å². The number of hydrogen-bond donors (Lipinski definition) is 2. The monoisotopic (exact) mass is 246 g/mol. The fourth-order valence-electron chi connectivity index (χ4n) is 1.18. The van der Waals surface area contributed by atoms with E-state index in [1.54, 1.807) is 0 Å². The molecule has 0 amide bonds. The van der Waals surface area contributed by atoms with Crippen LogP contribution in [0.1, 0.15) is 31.1 Å². The number of unbranched alkanes of at least 4 members (excludes halogenated alkanes) is 1. The summed E-state index contributed by atoms with van der Waals surface area (Å²) in [6, 6.07) is 3.76. The van der Waals surface area contributed by atoms with Gasteiger partial charge in [-0.3, -0.25) is 0 Å². The lowest BCUT2D eigenvalue weighted by molar-refractivity contribution is 0.429. The molecule has 0 aliphatic carbocycles. The van der Waals surface area contributed by atoms with E-state index in [9.17, 15) is 0 Å². The first kappa shape index (κ1) is 10.8. The Morgan fingerprint density at radius 1 is 1.38 bits per heavy atom. The van der Waals surface area contributed by atoms with Gasteiger partial charge in [0.15, 0.2) is 4.67 Å². The molecule has 0 unspecified atom stereocenters. The molecule has 74 valence electrons. The average Bonchev–Trinajstić information content (AvgIpc) is 2.52. The molecule has 1 rings (SSSR count). The maximum absolute atomic E-state index is 5.89. The van der Waals surface area contributed by atoms with Gasteiger partial charge in [-0.05, 0) is 47.4 Å². The first-order valence-electron chi connectivity index (χ1n) is 4.45. The highest BCUT2D eigenvalue weighted by molar-refractivity contribution is 9.10. The molecule has 0 bridgehead atoms. The maximum atomic E-state index is 5.89. The van der Waals surface area contributed by atoms with Gasteiger partial charge >= 0.3 is 0 Å². The summed E-state index contributed by atoms with van der Waals surface area (Å²) in [6.07, 6.45) is 3.00. The average molecular weight is 247 g/mol. The Bertz CT molecular complexity index is 250. The molecule has 0 radical (unpaired) electrons. The van der Waals surface area contributed by atoms with E-state index >= 15 is 0 Å². The van der Waals surface area contributed by atoms with Crippen LogP contribution in [0.15, 0.2) is 21.2 Å². The fourth-order valence-corrected chi connectivity index (χ4v) is 1.50. The summed E-state index contributed by atoms with van der Waals surface area (Å²) in [5.74, 6) is 0.837. The second kappa shape index (κ2) is 5.42. The molecule has 0 aromatic carbocycles. The summed E-state index contributed by atoms with van der Waals surface area (Å²) in [5, 5.41) is 0. The minimum Gasteiger partial charge on any atom is -0.453 e. The van der Waals surface area contributed by atoms with E-state index in [2.05, 4.69) is 15.9 Å². The predicted octanol–water partition coefficient (Wildman–Crippen LogP) is 2.17. The lowest BCUT2D eigenvalue weighted by Crippen LogP contribution is -2.10. The molecule has 1 aromatic heterocycles. The molecule has 1 aromatic rings. The third kappa shape index (κ3) is 3.50. The van der Waals surface area contributed by atoms with E-state index in [4.69, 9.17) is 15.9 Å². The molecule has 0 fully saturated rings. The molecule has 0 aliphatic rings. The van der Waals surface area contributed by atoms with Gasteiger partial charge in [0.1, 0.15) is 5.76 Å². The van der Waals surface area contributed by atoms with Crippen LogP contribution in [0.25, 0.3) is 0 Å². The van der Waals surface area contributed by atoms with Crippen LogP contribution in [0.2, 0.25) is 0 Å². The normalized spacial score (nSPS) is 13.2. The second-order valence-electron chi connectivity index (χ2n) is 3.03. The lowest BCUT2D eigenvalue weighted by atomic mass is 10.1. The SMILES string of the molecule is NCCCC[C@H](N)c1ccc(Br)o1. The third-order valence-corrected chi connectivity index (χ3v) is 2.35. The fraction of sp³-hybridized carbons (Fsp3) is 0.556. The Hall–Kier alpha value is -0.320. The maximum Gasteiger partial charge on any atom is 0.169 e. The van der Waals surface area contributed by atoms with Gasteiger partial charge in [0.2, 0.25) is 0 Å². The van der Waals surface area contributed by atoms with Gasteiger partial charge < -0.3 is 15.9 Å². The van der Waals surface area contributed by atoms with Crippen molar-refractivity contribution in [1.29, 1.82) is 0 Å². The van der Waals surface area contributed by atoms with Crippen molar-refractivity contribution in [1.82, 2.24) is 0 Å². The number of hydrogen-bond acceptors (Lipinski definition) is 3. The van der Waals surface area contributed by atoms with E-state index in [-0.39, 0.29) is 6.04 Å². The highest BCUT2D eigenvalue weighted by Crippen LogP contribution is 2.22. The molecule has 0 aliphatic heterocycles. The first-order chi connectivity index (χ1) is 6.24. The van der Waals surface area contributed by atoms with Gasteiger partial charge in [-0.2, -0.15) is 0 Å². The van der Waals surface area contributed by atoms with Gasteiger partial charge in [0.05, 0.1) is 6.04 Å². The van der Waals surface area contributed by atoms with Crippen molar-refractivity contribution in [3.63, 3.8) is 0 Å². The van der Waals surface area contributed by atoms with E-state index in [1.165, 1.54) is 0 Å². The Labute approximate surface area is 86.6 Å². The molecule has 1 atom stereocenters. The largest absolute Gasteiger partial charge is 0.453 e. The number of nitrogens with two attached hydrogens (primary N) is 2. The van der Waals surface area contributed by atoms with Crippen molar-refractivity contribution in [3.05, 3.63) is 22.6 Å². The number of furan rings is 1. The number of rotatable bonds is 5. The zero-order valence-electron chi connectivity index (χ0n) is 7.50. The minimum absolute atomic E-state index is 0.00199. The van der Waals surface area contributed by atoms with E-state index in [0.717, 1.165) is 36.2 Å². The van der Waals surface area contributed by atoms with Crippen LogP contribution in [0.5, 0.6) is 0 Å². The van der Waals surface area contributed by atoms with Gasteiger partial charge in [-0.25, -0.2) is 0 Å². The summed E-state index contributed by atoms with van der Waals surface area (Å²) in [4.78, 5) is 0. The molecule has 0 saturated carbocycles. The summed E-state index contributed by atoms with van der Waals surface area (Å²) in [6.45, 7) is 0.731. The van der Waals surface area contributed by atoms with Crippen LogP contribution in [0.3, 0.4) is 0 Å². The van der Waals surface area contributed by atoms with Crippen molar-refractivity contribution in [2.24, 2.45) is 11.5 Å².